The molecular weight excluding hydrogens is 330 g/mol. The largest absolute Gasteiger partial charge is 0.489 e. The van der Waals surface area contributed by atoms with Crippen LogP contribution in [-0.2, 0) is 19.6 Å². The Kier molecular flexibility index (Phi) is 7.06. The number of ether oxygens (including phenoxy) is 1. The summed E-state index contributed by atoms with van der Waals surface area (Å²) >= 11 is 0. The van der Waals surface area contributed by atoms with Gasteiger partial charge >= 0.3 is 0 Å². The second kappa shape index (κ2) is 9.94. The molecule has 2 nitrogen and oxygen atoms in total. The van der Waals surface area contributed by atoms with Crippen molar-refractivity contribution in [2.75, 3.05) is 0 Å². The summed E-state index contributed by atoms with van der Waals surface area (Å²) in [5, 5.41) is 3.64. The SMILES string of the molecule is Cc1ccc(COc2ccccc2CNC(C)CCc2ccccc2)cc1. The standard InChI is InChI=1S/C25H29NO/c1-20-12-15-23(16-13-20)19-27-25-11-7-6-10-24(25)18-26-21(2)14-17-22-8-4-3-5-9-22/h3-13,15-16,21,26H,14,17-19H2,1-2H3. The van der Waals surface area contributed by atoms with E-state index >= 15 is 0 Å². The van der Waals surface area contributed by atoms with E-state index in [-0.39, 0.29) is 0 Å². The molecule has 0 aliphatic heterocycles. The van der Waals surface area contributed by atoms with Crippen LogP contribution in [0.3, 0.4) is 0 Å². The highest BCUT2D eigenvalue weighted by Gasteiger charge is 2.07. The topological polar surface area (TPSA) is 21.3 Å². The van der Waals surface area contributed by atoms with E-state index in [9.17, 15) is 0 Å². The smallest absolute Gasteiger partial charge is 0.124 e. The van der Waals surface area contributed by atoms with Gasteiger partial charge in [-0.25, -0.2) is 0 Å². The van der Waals surface area contributed by atoms with Crippen LogP contribution in [0.4, 0.5) is 0 Å². The Labute approximate surface area is 163 Å². The van der Waals surface area contributed by atoms with E-state index in [1.54, 1.807) is 0 Å². The molecule has 3 aromatic rings. The third-order valence-corrected chi connectivity index (χ3v) is 4.84. The van der Waals surface area contributed by atoms with Gasteiger partial charge in [-0.05, 0) is 43.9 Å². The number of benzene rings is 3. The Balaban J connectivity index is 1.50. The fourth-order valence-corrected chi connectivity index (χ4v) is 3.05. The molecule has 0 amide bonds. The van der Waals surface area contributed by atoms with E-state index in [2.05, 4.69) is 92.0 Å². The van der Waals surface area contributed by atoms with Crippen LogP contribution in [-0.4, -0.2) is 6.04 Å². The number of aryl methyl sites for hydroxylation is 2. The predicted molar refractivity (Wildman–Crippen MR) is 113 cm³/mol. The van der Waals surface area contributed by atoms with Crippen LogP contribution < -0.4 is 10.1 Å². The molecule has 3 rings (SSSR count). The van der Waals surface area contributed by atoms with Crippen molar-refractivity contribution in [2.24, 2.45) is 0 Å². The monoisotopic (exact) mass is 359 g/mol. The molecule has 0 fully saturated rings. The molecule has 0 heterocycles. The maximum Gasteiger partial charge on any atom is 0.124 e. The van der Waals surface area contributed by atoms with Gasteiger partial charge in [-0.15, -0.1) is 0 Å². The first-order valence-electron chi connectivity index (χ1n) is 9.74. The molecule has 27 heavy (non-hydrogen) atoms. The first-order chi connectivity index (χ1) is 13.2. The van der Waals surface area contributed by atoms with Gasteiger partial charge in [0.25, 0.3) is 0 Å². The average molecular weight is 360 g/mol. The summed E-state index contributed by atoms with van der Waals surface area (Å²) in [7, 11) is 0. The van der Waals surface area contributed by atoms with Crippen molar-refractivity contribution < 1.29 is 4.74 Å². The van der Waals surface area contributed by atoms with E-state index in [1.165, 1.54) is 22.3 Å². The summed E-state index contributed by atoms with van der Waals surface area (Å²) in [6, 6.07) is 27.9. The number of nitrogens with one attached hydrogen (secondary N) is 1. The molecule has 0 saturated heterocycles. The second-order valence-corrected chi connectivity index (χ2v) is 7.19. The van der Waals surface area contributed by atoms with Crippen LogP contribution in [0.1, 0.15) is 35.6 Å². The van der Waals surface area contributed by atoms with Crippen LogP contribution in [0, 0.1) is 6.92 Å². The summed E-state index contributed by atoms with van der Waals surface area (Å²) in [5.41, 5.74) is 5.07. The van der Waals surface area contributed by atoms with Gasteiger partial charge in [-0.2, -0.15) is 0 Å². The van der Waals surface area contributed by atoms with Crippen molar-refractivity contribution in [3.63, 3.8) is 0 Å². The lowest BCUT2D eigenvalue weighted by atomic mass is 10.1. The van der Waals surface area contributed by atoms with Crippen molar-refractivity contribution in [3.8, 4) is 5.75 Å². The van der Waals surface area contributed by atoms with Gasteiger partial charge in [0.1, 0.15) is 12.4 Å². The van der Waals surface area contributed by atoms with E-state index in [4.69, 9.17) is 4.74 Å². The van der Waals surface area contributed by atoms with Gasteiger partial charge in [0.2, 0.25) is 0 Å². The molecule has 0 radical (unpaired) electrons. The highest BCUT2D eigenvalue weighted by Crippen LogP contribution is 2.20. The van der Waals surface area contributed by atoms with Gasteiger partial charge in [0.05, 0.1) is 0 Å². The predicted octanol–water partition coefficient (Wildman–Crippen LogP) is 5.68. The first kappa shape index (κ1) is 19.2. The van der Waals surface area contributed by atoms with Gasteiger partial charge < -0.3 is 10.1 Å². The quantitative estimate of drug-likeness (QED) is 0.530. The summed E-state index contributed by atoms with van der Waals surface area (Å²) in [4.78, 5) is 0. The zero-order valence-electron chi connectivity index (χ0n) is 16.3. The summed E-state index contributed by atoms with van der Waals surface area (Å²) in [6.45, 7) is 5.77. The molecule has 0 saturated carbocycles. The lowest BCUT2D eigenvalue weighted by Crippen LogP contribution is -2.26. The fourth-order valence-electron chi connectivity index (χ4n) is 3.05. The van der Waals surface area contributed by atoms with Gasteiger partial charge in [0, 0.05) is 18.2 Å². The molecule has 1 unspecified atom stereocenters. The summed E-state index contributed by atoms with van der Waals surface area (Å²) in [6.07, 6.45) is 2.22. The molecule has 0 aliphatic carbocycles. The highest BCUT2D eigenvalue weighted by molar-refractivity contribution is 5.33. The highest BCUT2D eigenvalue weighted by atomic mass is 16.5. The molecule has 3 aromatic carbocycles. The maximum absolute atomic E-state index is 6.08. The minimum absolute atomic E-state index is 0.454. The van der Waals surface area contributed by atoms with Crippen LogP contribution in [0.2, 0.25) is 0 Å². The van der Waals surface area contributed by atoms with E-state index in [1.807, 2.05) is 6.07 Å². The van der Waals surface area contributed by atoms with Crippen molar-refractivity contribution in [1.29, 1.82) is 0 Å². The lowest BCUT2D eigenvalue weighted by molar-refractivity contribution is 0.301. The normalized spacial score (nSPS) is 11.9. The van der Waals surface area contributed by atoms with Gasteiger partial charge in [-0.3, -0.25) is 0 Å². The first-order valence-corrected chi connectivity index (χ1v) is 9.74. The molecule has 0 spiro atoms. The Morgan fingerprint density at radius 1 is 0.815 bits per heavy atom. The van der Waals surface area contributed by atoms with E-state index < -0.39 is 0 Å². The molecule has 1 atom stereocenters. The van der Waals surface area contributed by atoms with Crippen molar-refractivity contribution >= 4 is 0 Å². The van der Waals surface area contributed by atoms with Crippen molar-refractivity contribution in [2.45, 2.75) is 45.9 Å². The zero-order chi connectivity index (χ0) is 18.9. The number of rotatable bonds is 9. The number of hydrogen-bond donors (Lipinski definition) is 1. The van der Waals surface area contributed by atoms with Crippen LogP contribution in [0.5, 0.6) is 5.75 Å². The van der Waals surface area contributed by atoms with Gasteiger partial charge in [-0.1, -0.05) is 78.4 Å². The molecule has 0 aromatic heterocycles. The summed E-state index contributed by atoms with van der Waals surface area (Å²) in [5.74, 6) is 0.959. The summed E-state index contributed by atoms with van der Waals surface area (Å²) < 4.78 is 6.08. The third kappa shape index (κ3) is 6.26. The number of para-hydroxylation sites is 1. The van der Waals surface area contributed by atoms with Gasteiger partial charge in [0.15, 0.2) is 0 Å². The third-order valence-electron chi connectivity index (χ3n) is 4.84. The Morgan fingerprint density at radius 2 is 1.52 bits per heavy atom. The molecular formula is C25H29NO. The zero-order valence-corrected chi connectivity index (χ0v) is 16.3. The molecule has 0 bridgehead atoms. The molecule has 1 N–H and O–H groups in total. The molecule has 0 aliphatic rings. The Morgan fingerprint density at radius 3 is 2.30 bits per heavy atom. The maximum atomic E-state index is 6.08. The average Bonchev–Trinajstić information content (AvgIpc) is 2.71. The Bertz CT molecular complexity index is 811. The second-order valence-electron chi connectivity index (χ2n) is 7.19. The molecule has 2 heteroatoms. The van der Waals surface area contributed by atoms with E-state index in [0.29, 0.717) is 12.6 Å². The fraction of sp³-hybridized carbons (Fsp3) is 0.280. The minimum atomic E-state index is 0.454. The Hall–Kier alpha value is -2.58. The van der Waals surface area contributed by atoms with Crippen molar-refractivity contribution in [1.82, 2.24) is 5.32 Å². The number of hydrogen-bond acceptors (Lipinski definition) is 2. The van der Waals surface area contributed by atoms with E-state index in [0.717, 1.165) is 25.1 Å². The lowest BCUT2D eigenvalue weighted by Gasteiger charge is -2.16. The van der Waals surface area contributed by atoms with Crippen LogP contribution in [0.15, 0.2) is 78.9 Å². The van der Waals surface area contributed by atoms with Crippen LogP contribution in [0.25, 0.3) is 0 Å². The van der Waals surface area contributed by atoms with Crippen LogP contribution >= 0.6 is 0 Å². The van der Waals surface area contributed by atoms with Crippen molar-refractivity contribution in [3.05, 3.63) is 101 Å². The molecule has 140 valence electrons. The minimum Gasteiger partial charge on any atom is -0.489 e.